The maximum Gasteiger partial charge on any atom is 0.293 e. The molecule has 0 spiro atoms. The van der Waals surface area contributed by atoms with E-state index in [9.17, 15) is 19.5 Å². The molecule has 1 aliphatic carbocycles. The first kappa shape index (κ1) is 44.1. The van der Waals surface area contributed by atoms with Crippen molar-refractivity contribution in [3.8, 4) is 22.9 Å². The number of pyridine rings is 1. The molecule has 8 heterocycles. The van der Waals surface area contributed by atoms with E-state index in [1.165, 1.54) is 21.9 Å². The lowest BCUT2D eigenvalue weighted by atomic mass is 9.90. The highest BCUT2D eigenvalue weighted by atomic mass is 16.6. The second-order valence-electron chi connectivity index (χ2n) is 19.2. The van der Waals surface area contributed by atoms with Gasteiger partial charge in [0, 0.05) is 99.8 Å². The maximum absolute atomic E-state index is 14.0. The molecular weight excluding hydrogens is 853 g/mol. The van der Waals surface area contributed by atoms with Crippen LogP contribution in [0.1, 0.15) is 67.8 Å². The molecule has 2 atom stereocenters. The van der Waals surface area contributed by atoms with Gasteiger partial charge in [0.2, 0.25) is 11.7 Å². The third kappa shape index (κ3) is 8.26. The normalized spacial score (nSPS) is 20.4. The summed E-state index contributed by atoms with van der Waals surface area (Å²) >= 11 is 0. The first-order valence-corrected chi connectivity index (χ1v) is 23.2. The van der Waals surface area contributed by atoms with Crippen LogP contribution in [-0.2, 0) is 37.8 Å². The molecule has 1 aromatic carbocycles. The molecule has 0 unspecified atom stereocenters. The number of piperazine rings is 1. The fourth-order valence-corrected chi connectivity index (χ4v) is 10.7. The number of nitrogens with one attached hydrogen (secondary N) is 2. The zero-order chi connectivity index (χ0) is 46.7. The van der Waals surface area contributed by atoms with Crippen LogP contribution in [0.25, 0.3) is 11.3 Å². The number of carbonyl (C=O) groups is 2. The zero-order valence-electron chi connectivity index (χ0n) is 38.8. The molecule has 0 saturated carbocycles. The Bertz CT molecular complexity index is 2830. The predicted octanol–water partition coefficient (Wildman–Crippen LogP) is 4.92. The van der Waals surface area contributed by atoms with Gasteiger partial charge in [-0.05, 0) is 86.9 Å². The summed E-state index contributed by atoms with van der Waals surface area (Å²) in [7, 11) is 1.64. The van der Waals surface area contributed by atoms with Crippen LogP contribution in [0, 0.1) is 5.41 Å². The van der Waals surface area contributed by atoms with Crippen molar-refractivity contribution >= 4 is 46.3 Å². The standard InChI is InChI=1S/C49H58N12O6/c1-7-41(63)54-36-21-32(8-9-38(36)59-17-16-58(24-29(59)2)33-11-14-57(15-12-33)45-42-46(52-28-51-45)67-30(3)27-66-42)53-43-48(65)56(6)25-37(55-43)34-10-13-50-44(35(34)26-62)61-19-18-60-39(47(61)64)20-31-22-49(4,5)23-40(31)60/h7-10,13,20-21,25,28-30,33,62H,1,11-12,14-19,22-24,26-27H2,2-6H3,(H,53,55)(H,54,63)/t29-,30+/m0/s1. The number of benzene rings is 1. The molecule has 4 aromatic heterocycles. The molecule has 5 aliphatic rings. The van der Waals surface area contributed by atoms with Crippen LogP contribution in [0.15, 0.2) is 66.5 Å². The number of carbonyl (C=O) groups excluding carboxylic acids is 2. The lowest BCUT2D eigenvalue weighted by Crippen LogP contribution is -2.57. The minimum atomic E-state index is -0.405. The lowest BCUT2D eigenvalue weighted by Gasteiger charge is -2.47. The number of amides is 2. The van der Waals surface area contributed by atoms with E-state index >= 15 is 0 Å². The van der Waals surface area contributed by atoms with Gasteiger partial charge < -0.3 is 44.1 Å². The Morgan fingerprint density at radius 2 is 1.82 bits per heavy atom. The quantitative estimate of drug-likeness (QED) is 0.160. The smallest absolute Gasteiger partial charge is 0.293 e. The van der Waals surface area contributed by atoms with Gasteiger partial charge >= 0.3 is 0 Å². The van der Waals surface area contributed by atoms with Crippen LogP contribution < -0.4 is 40.4 Å². The number of fused-ring (bicyclic) bond motifs is 4. The van der Waals surface area contributed by atoms with Crippen LogP contribution in [0.2, 0.25) is 0 Å². The van der Waals surface area contributed by atoms with Crippen molar-refractivity contribution in [2.75, 3.05) is 71.2 Å². The summed E-state index contributed by atoms with van der Waals surface area (Å²) in [5.41, 5.74) is 6.21. The molecule has 18 heteroatoms. The minimum Gasteiger partial charge on any atom is -0.481 e. The largest absolute Gasteiger partial charge is 0.481 e. The fourth-order valence-electron chi connectivity index (χ4n) is 10.7. The SMILES string of the molecule is C=CC(=O)Nc1cc(Nc2nc(-c3ccnc(N4CCn5c(cc6c5CC(C)(C)C6)C4=O)c3CO)cn(C)c2=O)ccc1N1CCN(C2CCN(c3ncnc4c3OC[C@@H](C)O4)CC2)C[C@@H]1C. The van der Waals surface area contributed by atoms with Gasteiger partial charge in [-0.2, -0.15) is 4.98 Å². The van der Waals surface area contributed by atoms with Gasteiger partial charge in [-0.15, -0.1) is 0 Å². The van der Waals surface area contributed by atoms with E-state index in [-0.39, 0.29) is 40.8 Å². The summed E-state index contributed by atoms with van der Waals surface area (Å²) < 4.78 is 15.5. The van der Waals surface area contributed by atoms with E-state index in [2.05, 4.69) is 72.2 Å². The number of nitrogens with zero attached hydrogens (tertiary/aromatic N) is 10. The van der Waals surface area contributed by atoms with Crippen LogP contribution in [0.4, 0.5) is 34.5 Å². The molecule has 2 fully saturated rings. The highest BCUT2D eigenvalue weighted by Gasteiger charge is 2.38. The number of aromatic nitrogens is 6. The van der Waals surface area contributed by atoms with E-state index < -0.39 is 6.61 Å². The van der Waals surface area contributed by atoms with Gasteiger partial charge in [0.25, 0.3) is 17.3 Å². The lowest BCUT2D eigenvalue weighted by molar-refractivity contribution is -0.111. The average Bonchev–Trinajstić information content (AvgIpc) is 3.82. The summed E-state index contributed by atoms with van der Waals surface area (Å²) in [6.45, 7) is 17.6. The van der Waals surface area contributed by atoms with Crippen molar-refractivity contribution in [2.24, 2.45) is 12.5 Å². The summed E-state index contributed by atoms with van der Waals surface area (Å²) in [6.07, 6.45) is 9.75. The number of aliphatic hydroxyl groups is 1. The monoisotopic (exact) mass is 910 g/mol. The van der Waals surface area contributed by atoms with Gasteiger partial charge in [0.1, 0.15) is 30.5 Å². The first-order chi connectivity index (χ1) is 32.3. The summed E-state index contributed by atoms with van der Waals surface area (Å²) in [5.74, 6) is 1.80. The number of anilines is 6. The highest BCUT2D eigenvalue weighted by Crippen LogP contribution is 2.42. The Morgan fingerprint density at radius 3 is 2.60 bits per heavy atom. The highest BCUT2D eigenvalue weighted by molar-refractivity contribution is 6.06. The Kier molecular flexibility index (Phi) is 11.5. The van der Waals surface area contributed by atoms with Crippen LogP contribution >= 0.6 is 0 Å². The third-order valence-corrected chi connectivity index (χ3v) is 13.9. The molecule has 0 radical (unpaired) electrons. The average molecular weight is 911 g/mol. The number of aliphatic hydroxyl groups excluding tert-OH is 1. The van der Waals surface area contributed by atoms with Crippen LogP contribution in [0.3, 0.4) is 0 Å². The van der Waals surface area contributed by atoms with Gasteiger partial charge in [0.05, 0.1) is 23.7 Å². The Balaban J connectivity index is 0.853. The van der Waals surface area contributed by atoms with E-state index in [0.29, 0.717) is 77.1 Å². The molecule has 5 aromatic rings. The van der Waals surface area contributed by atoms with Crippen molar-refractivity contribution in [2.45, 2.75) is 84.7 Å². The molecule has 10 rings (SSSR count). The third-order valence-electron chi connectivity index (χ3n) is 13.9. The Hall–Kier alpha value is -6.79. The summed E-state index contributed by atoms with van der Waals surface area (Å²) in [4.78, 5) is 67.6. The number of ether oxygens (including phenoxy) is 2. The van der Waals surface area contributed by atoms with Crippen LogP contribution in [-0.4, -0.2) is 115 Å². The second kappa shape index (κ2) is 17.5. The molecule has 350 valence electrons. The Labute approximate surface area is 389 Å². The molecule has 67 heavy (non-hydrogen) atoms. The molecule has 2 saturated heterocycles. The van der Waals surface area contributed by atoms with Crippen molar-refractivity contribution in [1.82, 2.24) is 34.0 Å². The fraction of sp³-hybridized carbons (Fsp3) is 0.449. The van der Waals surface area contributed by atoms with Crippen molar-refractivity contribution < 1.29 is 24.2 Å². The number of piperidine rings is 1. The molecule has 4 aliphatic heterocycles. The van der Waals surface area contributed by atoms with Gasteiger partial charge in [-0.25, -0.2) is 15.0 Å². The van der Waals surface area contributed by atoms with E-state index in [0.717, 1.165) is 69.9 Å². The number of rotatable bonds is 10. The zero-order valence-corrected chi connectivity index (χ0v) is 38.8. The van der Waals surface area contributed by atoms with Crippen LogP contribution in [0.5, 0.6) is 11.6 Å². The minimum absolute atomic E-state index is 0.0448. The van der Waals surface area contributed by atoms with Gasteiger partial charge in [-0.1, -0.05) is 20.4 Å². The molecule has 18 nitrogen and oxygen atoms in total. The predicted molar refractivity (Wildman–Crippen MR) is 256 cm³/mol. The second-order valence-corrected chi connectivity index (χ2v) is 19.2. The van der Waals surface area contributed by atoms with E-state index in [1.54, 1.807) is 42.8 Å². The van der Waals surface area contributed by atoms with E-state index in [4.69, 9.17) is 14.5 Å². The van der Waals surface area contributed by atoms with E-state index in [1.807, 2.05) is 25.1 Å². The van der Waals surface area contributed by atoms with Gasteiger partial charge in [0.15, 0.2) is 11.6 Å². The molecule has 0 bridgehead atoms. The number of hydrogen-bond donors (Lipinski definition) is 3. The Morgan fingerprint density at radius 1 is 1.00 bits per heavy atom. The molecular formula is C49H58N12O6. The molecule has 2 amide bonds. The maximum atomic E-state index is 14.0. The number of aryl methyl sites for hydroxylation is 1. The summed E-state index contributed by atoms with van der Waals surface area (Å²) in [5, 5.41) is 17.1. The molecule has 3 N–H and O–H groups in total. The van der Waals surface area contributed by atoms with Crippen molar-refractivity contribution in [3.05, 3.63) is 94.6 Å². The first-order valence-electron chi connectivity index (χ1n) is 23.2. The van der Waals surface area contributed by atoms with Gasteiger partial charge in [-0.3, -0.25) is 24.2 Å². The topological polar surface area (TPSA) is 188 Å². The number of hydrogen-bond acceptors (Lipinski definition) is 14. The van der Waals surface area contributed by atoms with Crippen molar-refractivity contribution in [1.29, 1.82) is 0 Å². The van der Waals surface area contributed by atoms with Crippen molar-refractivity contribution in [3.63, 3.8) is 0 Å². The summed E-state index contributed by atoms with van der Waals surface area (Å²) in [6, 6.07) is 9.92.